The first kappa shape index (κ1) is 66.6. The molecule has 446 valence electrons. The average Bonchev–Trinajstić information content (AvgIpc) is 3.88. The van der Waals surface area contributed by atoms with Crippen LogP contribution in [0, 0.1) is 23.3 Å². The number of hydrogen-bond acceptors (Lipinski definition) is 21. The molecule has 1 aromatic heterocycles. The van der Waals surface area contributed by atoms with E-state index in [0.717, 1.165) is 6.42 Å². The van der Waals surface area contributed by atoms with Crippen molar-refractivity contribution in [3.05, 3.63) is 70.6 Å². The molecule has 0 unspecified atom stereocenters. The van der Waals surface area contributed by atoms with Crippen LogP contribution in [0.15, 0.2) is 46.1 Å². The summed E-state index contributed by atoms with van der Waals surface area (Å²) in [5.74, 6) is -14.3. The molecule has 3 aromatic rings. The van der Waals surface area contributed by atoms with Crippen LogP contribution >= 0.6 is 0 Å². The van der Waals surface area contributed by atoms with Crippen LogP contribution in [0.4, 0.5) is 23.2 Å². The monoisotopic (exact) mass is 1160 g/mol. The van der Waals surface area contributed by atoms with Crippen LogP contribution < -0.4 is 15.8 Å². The number of amidine groups is 1. The van der Waals surface area contributed by atoms with Gasteiger partial charge in [0.15, 0.2) is 16.5 Å². The van der Waals surface area contributed by atoms with Gasteiger partial charge in [-0.05, 0) is 31.6 Å². The third-order valence-electron chi connectivity index (χ3n) is 10.5. The standard InChI is InChI=1S/C50H68F4N6O19S/c1-3-9-60(78-4-2)50(64)36-30-35-5-6-38(32-39(35)58-40(55)31-36)59-34-37(33-57-59)46(62)49(63)56-8-11-69-13-15-71-17-19-73-21-23-75-25-27-77-29-28-76-26-24-74-22-20-72-18-16-70-14-12-68-10-7-41(61)79-47-42(51)44(53)48(80(65,66)67)45(54)43(47)52/h5-6,30,32-34H,3-4,7-29,31H2,1-2H3,(H2,55,58)(H,56,63)(H,65,66,67). The number of carbonyl (C=O) groups excluding carboxylic acids is 4. The Morgan fingerprint density at radius 2 is 1.18 bits per heavy atom. The number of aromatic nitrogens is 2. The van der Waals surface area contributed by atoms with Crippen molar-refractivity contribution in [1.82, 2.24) is 20.2 Å². The first-order chi connectivity index (χ1) is 38.6. The molecule has 2 amide bonds. The maximum absolute atomic E-state index is 14.0. The largest absolute Gasteiger partial charge is 0.420 e. The summed E-state index contributed by atoms with van der Waals surface area (Å²) >= 11 is 0. The smallest absolute Gasteiger partial charge is 0.313 e. The maximum atomic E-state index is 14.0. The highest BCUT2D eigenvalue weighted by molar-refractivity contribution is 7.85. The number of hydroxylamine groups is 2. The molecule has 0 saturated carbocycles. The number of nitrogens with zero attached hydrogens (tertiary/aromatic N) is 4. The molecule has 1 aliphatic heterocycles. The second kappa shape index (κ2) is 37.2. The predicted octanol–water partition coefficient (Wildman–Crippen LogP) is 3.10. The highest BCUT2D eigenvalue weighted by Gasteiger charge is 2.34. The van der Waals surface area contributed by atoms with Gasteiger partial charge < -0.3 is 63.2 Å². The van der Waals surface area contributed by atoms with E-state index < -0.39 is 68.1 Å². The molecular weight excluding hydrogens is 1100 g/mol. The summed E-state index contributed by atoms with van der Waals surface area (Å²) in [7, 11) is -5.65. The normalized spacial score (nSPS) is 12.4. The summed E-state index contributed by atoms with van der Waals surface area (Å²) in [6.07, 6.45) is 4.76. The Hall–Kier alpha value is -5.87. The first-order valence-corrected chi connectivity index (χ1v) is 26.8. The molecule has 0 atom stereocenters. The van der Waals surface area contributed by atoms with Crippen LogP contribution in [0.1, 0.15) is 49.0 Å². The Labute approximate surface area is 459 Å². The van der Waals surface area contributed by atoms with Gasteiger partial charge in [-0.1, -0.05) is 13.0 Å². The number of nitrogens with one attached hydrogen (secondary N) is 1. The number of ether oxygens (including phenoxy) is 11. The van der Waals surface area contributed by atoms with Gasteiger partial charge in [0, 0.05) is 36.8 Å². The minimum atomic E-state index is -5.65. The van der Waals surface area contributed by atoms with Crippen molar-refractivity contribution in [3.8, 4) is 11.4 Å². The third-order valence-corrected chi connectivity index (χ3v) is 11.4. The quantitative estimate of drug-likeness (QED) is 0.00844. The van der Waals surface area contributed by atoms with Gasteiger partial charge in [0.1, 0.15) is 5.84 Å². The van der Waals surface area contributed by atoms with Gasteiger partial charge in [-0.2, -0.15) is 22.3 Å². The topological polar surface area (TPSA) is 305 Å². The molecule has 80 heavy (non-hydrogen) atoms. The summed E-state index contributed by atoms with van der Waals surface area (Å²) in [5, 5.41) is 8.13. The molecule has 0 aliphatic carbocycles. The Morgan fingerprint density at radius 1 is 0.700 bits per heavy atom. The fraction of sp³-hybridized carbons (Fsp3) is 0.560. The molecule has 0 radical (unpaired) electrons. The van der Waals surface area contributed by atoms with E-state index in [4.69, 9.17) is 62.5 Å². The van der Waals surface area contributed by atoms with Crippen molar-refractivity contribution in [3.63, 3.8) is 0 Å². The zero-order valence-corrected chi connectivity index (χ0v) is 45.2. The fourth-order valence-corrected chi connectivity index (χ4v) is 7.37. The van der Waals surface area contributed by atoms with E-state index >= 15 is 0 Å². The Balaban J connectivity index is 0.869. The number of carbonyl (C=O) groups is 4. The number of amides is 2. The van der Waals surface area contributed by atoms with Crippen molar-refractivity contribution >= 4 is 51.3 Å². The zero-order valence-electron chi connectivity index (χ0n) is 44.4. The van der Waals surface area contributed by atoms with Gasteiger partial charge in [-0.15, -0.1) is 0 Å². The molecule has 1 aliphatic rings. The van der Waals surface area contributed by atoms with Gasteiger partial charge in [0.2, 0.25) is 17.4 Å². The lowest BCUT2D eigenvalue weighted by molar-refractivity contribution is -0.180. The molecule has 2 aromatic carbocycles. The Morgan fingerprint density at radius 3 is 1.64 bits per heavy atom. The van der Waals surface area contributed by atoms with Crippen LogP contribution in [0.5, 0.6) is 5.75 Å². The number of rotatable bonds is 43. The number of fused-ring (bicyclic) bond motifs is 1. The number of hydrogen-bond donors (Lipinski definition) is 3. The average molecular weight is 1170 g/mol. The summed E-state index contributed by atoms with van der Waals surface area (Å²) in [6, 6.07) is 5.25. The van der Waals surface area contributed by atoms with E-state index in [1.807, 2.05) is 13.8 Å². The van der Waals surface area contributed by atoms with Crippen LogP contribution in [-0.4, -0.2) is 209 Å². The molecule has 4 rings (SSSR count). The number of esters is 1. The molecule has 0 fully saturated rings. The van der Waals surface area contributed by atoms with Crippen LogP contribution in [0.25, 0.3) is 11.8 Å². The molecule has 2 heterocycles. The lowest BCUT2D eigenvalue weighted by Crippen LogP contribution is -2.34. The fourth-order valence-electron chi connectivity index (χ4n) is 6.74. The second-order valence-electron chi connectivity index (χ2n) is 16.5. The number of ketones is 1. The van der Waals surface area contributed by atoms with E-state index in [1.165, 1.54) is 22.1 Å². The summed E-state index contributed by atoms with van der Waals surface area (Å²) in [4.78, 5) is 58.2. The Kier molecular flexibility index (Phi) is 31.0. The van der Waals surface area contributed by atoms with Gasteiger partial charge in [-0.3, -0.25) is 28.6 Å². The first-order valence-electron chi connectivity index (χ1n) is 25.4. The van der Waals surface area contributed by atoms with Gasteiger partial charge in [-0.25, -0.2) is 23.5 Å². The lowest BCUT2D eigenvalue weighted by Gasteiger charge is -2.21. The lowest BCUT2D eigenvalue weighted by atomic mass is 10.1. The van der Waals surface area contributed by atoms with Crippen LogP contribution in [-0.2, 0) is 76.7 Å². The molecule has 0 spiro atoms. The molecule has 30 heteroatoms. The number of halogens is 4. The number of nitrogens with two attached hydrogens (primary N) is 1. The van der Waals surface area contributed by atoms with Crippen LogP contribution in [0.2, 0.25) is 0 Å². The van der Waals surface area contributed by atoms with Gasteiger partial charge in [0.05, 0.1) is 168 Å². The van der Waals surface area contributed by atoms with Gasteiger partial charge >= 0.3 is 16.1 Å². The number of benzene rings is 2. The second-order valence-corrected chi connectivity index (χ2v) is 17.9. The van der Waals surface area contributed by atoms with Gasteiger partial charge in [0.25, 0.3) is 17.6 Å². The molecule has 0 bridgehead atoms. The highest BCUT2D eigenvalue weighted by atomic mass is 32.2. The van der Waals surface area contributed by atoms with Crippen molar-refractivity contribution in [2.75, 3.05) is 152 Å². The predicted molar refractivity (Wildman–Crippen MR) is 273 cm³/mol. The molecular formula is C50H68F4N6O19S. The highest BCUT2D eigenvalue weighted by Crippen LogP contribution is 2.33. The number of aliphatic imine (C=N–C) groups is 1. The SMILES string of the molecule is CCCN(OCC)C(=O)C1=Cc2ccc(-n3cc(C(=O)C(=O)NCCOCCOCCOCCOCCOCCOCCOCCOCCOCCOCCC(=O)Oc4c(F)c(F)c(S(=O)(=O)O)c(F)c4F)cn3)cc2N=C(N)C1. The van der Waals surface area contributed by atoms with E-state index in [-0.39, 0.29) is 76.5 Å². The van der Waals surface area contributed by atoms with E-state index in [2.05, 4.69) is 20.1 Å². The number of Topliss-reactive ketones (excluding diaryl/α,β-unsaturated/α-hetero) is 1. The van der Waals surface area contributed by atoms with Crippen molar-refractivity contribution in [2.24, 2.45) is 10.7 Å². The zero-order chi connectivity index (χ0) is 58.1. The van der Waals surface area contributed by atoms with Crippen molar-refractivity contribution < 1.29 is 107 Å². The van der Waals surface area contributed by atoms with Crippen molar-refractivity contribution in [2.45, 2.75) is 38.0 Å². The van der Waals surface area contributed by atoms with Crippen molar-refractivity contribution in [1.29, 1.82) is 0 Å². The maximum Gasteiger partial charge on any atom is 0.313 e. The minimum absolute atomic E-state index is 0.0113. The molecule has 0 saturated heterocycles. The summed E-state index contributed by atoms with van der Waals surface area (Å²) in [5.41, 5.74) is 8.47. The Bertz CT molecular complexity index is 2580. The molecule has 25 nitrogen and oxygen atoms in total. The van der Waals surface area contributed by atoms with E-state index in [0.29, 0.717) is 122 Å². The van der Waals surface area contributed by atoms with E-state index in [1.54, 1.807) is 24.3 Å². The summed E-state index contributed by atoms with van der Waals surface area (Å²) < 4.78 is 146. The molecule has 4 N–H and O–H groups in total. The summed E-state index contributed by atoms with van der Waals surface area (Å²) in [6.45, 7) is 9.99. The van der Waals surface area contributed by atoms with Crippen LogP contribution in [0.3, 0.4) is 0 Å². The van der Waals surface area contributed by atoms with E-state index in [9.17, 15) is 45.2 Å². The third kappa shape index (κ3) is 23.7. The minimum Gasteiger partial charge on any atom is -0.420 e.